The van der Waals surface area contributed by atoms with E-state index in [1.165, 1.54) is 6.33 Å². The van der Waals surface area contributed by atoms with Gasteiger partial charge in [0, 0.05) is 24.5 Å². The third kappa shape index (κ3) is 4.19. The lowest BCUT2D eigenvalue weighted by Crippen LogP contribution is -2.40. The smallest absolute Gasteiger partial charge is 0.237 e. The molecule has 0 unspecified atom stereocenters. The van der Waals surface area contributed by atoms with Gasteiger partial charge in [0.15, 0.2) is 0 Å². The molecule has 1 aliphatic rings. The molecular weight excluding hydrogens is 344 g/mol. The van der Waals surface area contributed by atoms with Crippen molar-refractivity contribution in [2.45, 2.75) is 25.2 Å². The Morgan fingerprint density at radius 1 is 1.52 bits per heavy atom. The SMILES string of the molecule is Cl.O=C(NCc1cc(Cl)ccc1-n1cncn1)[C@@H]1C[C@@H](F)CN1. The molecule has 1 aromatic heterocycles. The van der Waals surface area contributed by atoms with Crippen molar-refractivity contribution < 1.29 is 9.18 Å². The molecule has 0 radical (unpaired) electrons. The van der Waals surface area contributed by atoms with E-state index in [1.54, 1.807) is 23.1 Å². The van der Waals surface area contributed by atoms with Crippen LogP contribution in [0.1, 0.15) is 12.0 Å². The van der Waals surface area contributed by atoms with E-state index >= 15 is 0 Å². The Bertz CT molecular complexity index is 667. The lowest BCUT2D eigenvalue weighted by atomic mass is 10.1. The van der Waals surface area contributed by atoms with Crippen LogP contribution in [0.25, 0.3) is 5.69 Å². The molecule has 9 heteroatoms. The number of benzene rings is 1. The quantitative estimate of drug-likeness (QED) is 0.870. The van der Waals surface area contributed by atoms with Gasteiger partial charge in [0.05, 0.1) is 11.7 Å². The molecule has 2 heterocycles. The molecule has 23 heavy (non-hydrogen) atoms. The molecule has 1 aromatic carbocycles. The van der Waals surface area contributed by atoms with Gasteiger partial charge in [-0.2, -0.15) is 5.10 Å². The first-order valence-corrected chi connectivity index (χ1v) is 7.30. The molecule has 0 bridgehead atoms. The standard InChI is InChI=1S/C14H15ClFN5O.ClH/c15-10-1-2-13(21-8-17-7-20-21)9(3-10)5-19-14(22)12-4-11(16)6-18-12;/h1-3,7-8,11-12,18H,4-6H2,(H,19,22);1H/t11-,12+;/m1./s1. The Labute approximate surface area is 143 Å². The molecule has 0 spiro atoms. The molecular formula is C14H16Cl2FN5O. The van der Waals surface area contributed by atoms with Gasteiger partial charge in [0.1, 0.15) is 18.8 Å². The highest BCUT2D eigenvalue weighted by Crippen LogP contribution is 2.19. The minimum atomic E-state index is -0.965. The summed E-state index contributed by atoms with van der Waals surface area (Å²) in [5.74, 6) is -0.218. The number of amides is 1. The van der Waals surface area contributed by atoms with Gasteiger partial charge in [-0.25, -0.2) is 14.1 Å². The molecule has 2 atom stereocenters. The van der Waals surface area contributed by atoms with Gasteiger partial charge in [-0.3, -0.25) is 4.79 Å². The maximum atomic E-state index is 13.1. The highest BCUT2D eigenvalue weighted by atomic mass is 35.5. The van der Waals surface area contributed by atoms with Gasteiger partial charge in [0.2, 0.25) is 5.91 Å². The van der Waals surface area contributed by atoms with Crippen LogP contribution >= 0.6 is 24.0 Å². The molecule has 0 saturated carbocycles. The second kappa shape index (κ2) is 7.72. The summed E-state index contributed by atoms with van der Waals surface area (Å²) < 4.78 is 14.7. The van der Waals surface area contributed by atoms with E-state index in [0.717, 1.165) is 11.3 Å². The number of hydrogen-bond acceptors (Lipinski definition) is 4. The molecule has 1 aliphatic heterocycles. The molecule has 2 N–H and O–H groups in total. The molecule has 2 aromatic rings. The number of nitrogens with zero attached hydrogens (tertiary/aromatic N) is 3. The predicted octanol–water partition coefficient (Wildman–Crippen LogP) is 1.66. The number of halogens is 3. The van der Waals surface area contributed by atoms with Gasteiger partial charge in [-0.1, -0.05) is 11.6 Å². The Kier molecular flexibility index (Phi) is 5.92. The van der Waals surface area contributed by atoms with Crippen LogP contribution in [-0.4, -0.2) is 39.4 Å². The Morgan fingerprint density at radius 3 is 3.00 bits per heavy atom. The summed E-state index contributed by atoms with van der Waals surface area (Å²) in [5, 5.41) is 10.3. The van der Waals surface area contributed by atoms with E-state index in [2.05, 4.69) is 20.7 Å². The summed E-state index contributed by atoms with van der Waals surface area (Å²) in [7, 11) is 0. The van der Waals surface area contributed by atoms with E-state index in [4.69, 9.17) is 11.6 Å². The zero-order valence-electron chi connectivity index (χ0n) is 12.1. The highest BCUT2D eigenvalue weighted by molar-refractivity contribution is 6.30. The van der Waals surface area contributed by atoms with Gasteiger partial charge < -0.3 is 10.6 Å². The van der Waals surface area contributed by atoms with Crippen LogP contribution in [0.4, 0.5) is 4.39 Å². The first kappa shape index (κ1) is 17.7. The van der Waals surface area contributed by atoms with Gasteiger partial charge in [-0.05, 0) is 23.8 Å². The van der Waals surface area contributed by atoms with Crippen LogP contribution < -0.4 is 10.6 Å². The first-order valence-electron chi connectivity index (χ1n) is 6.92. The summed E-state index contributed by atoms with van der Waals surface area (Å²) in [4.78, 5) is 15.9. The van der Waals surface area contributed by atoms with Crippen molar-refractivity contribution in [2.75, 3.05) is 6.54 Å². The Hall–Kier alpha value is -1.70. The zero-order valence-corrected chi connectivity index (χ0v) is 13.6. The van der Waals surface area contributed by atoms with Crippen molar-refractivity contribution in [2.24, 2.45) is 0 Å². The van der Waals surface area contributed by atoms with Crippen molar-refractivity contribution >= 4 is 29.9 Å². The minimum Gasteiger partial charge on any atom is -0.351 e. The first-order chi connectivity index (χ1) is 10.6. The van der Waals surface area contributed by atoms with Gasteiger partial charge in [-0.15, -0.1) is 12.4 Å². The number of aromatic nitrogens is 3. The third-order valence-corrected chi connectivity index (χ3v) is 3.79. The lowest BCUT2D eigenvalue weighted by Gasteiger charge is -2.13. The molecule has 1 fully saturated rings. The average Bonchev–Trinajstić information content (AvgIpc) is 3.16. The minimum absolute atomic E-state index is 0. The summed E-state index contributed by atoms with van der Waals surface area (Å²) in [6.07, 6.45) is 2.24. The largest absolute Gasteiger partial charge is 0.351 e. The van der Waals surface area contributed by atoms with Crippen molar-refractivity contribution in [3.05, 3.63) is 41.4 Å². The van der Waals surface area contributed by atoms with Crippen LogP contribution in [0.2, 0.25) is 5.02 Å². The molecule has 1 saturated heterocycles. The summed E-state index contributed by atoms with van der Waals surface area (Å²) in [6.45, 7) is 0.503. The normalized spacial score (nSPS) is 20.1. The summed E-state index contributed by atoms with van der Waals surface area (Å²) >= 11 is 6.02. The topological polar surface area (TPSA) is 71.8 Å². The number of nitrogens with one attached hydrogen (secondary N) is 2. The Morgan fingerprint density at radius 2 is 2.35 bits per heavy atom. The lowest BCUT2D eigenvalue weighted by molar-refractivity contribution is -0.123. The van der Waals surface area contributed by atoms with Gasteiger partial charge >= 0.3 is 0 Å². The van der Waals surface area contributed by atoms with E-state index in [9.17, 15) is 9.18 Å². The van der Waals surface area contributed by atoms with E-state index in [-0.39, 0.29) is 37.8 Å². The third-order valence-electron chi connectivity index (χ3n) is 3.55. The monoisotopic (exact) mass is 359 g/mol. The molecule has 1 amide bonds. The van der Waals surface area contributed by atoms with Crippen molar-refractivity contribution in [1.29, 1.82) is 0 Å². The van der Waals surface area contributed by atoms with Crippen LogP contribution in [-0.2, 0) is 11.3 Å². The van der Waals surface area contributed by atoms with Crippen LogP contribution in [0.3, 0.4) is 0 Å². The zero-order chi connectivity index (χ0) is 15.5. The van der Waals surface area contributed by atoms with Crippen molar-refractivity contribution in [3.8, 4) is 5.69 Å². The summed E-state index contributed by atoms with van der Waals surface area (Å²) in [6, 6.07) is 4.84. The fourth-order valence-corrected chi connectivity index (χ4v) is 2.64. The molecule has 6 nitrogen and oxygen atoms in total. The maximum absolute atomic E-state index is 13.1. The molecule has 3 rings (SSSR count). The van der Waals surface area contributed by atoms with Crippen LogP contribution in [0, 0.1) is 0 Å². The fourth-order valence-electron chi connectivity index (χ4n) is 2.45. The molecule has 124 valence electrons. The van der Waals surface area contributed by atoms with E-state index in [0.29, 0.717) is 5.02 Å². The number of alkyl halides is 1. The van der Waals surface area contributed by atoms with Crippen LogP contribution in [0.5, 0.6) is 0 Å². The van der Waals surface area contributed by atoms with Crippen LogP contribution in [0.15, 0.2) is 30.9 Å². The van der Waals surface area contributed by atoms with E-state index in [1.807, 2.05) is 6.07 Å². The van der Waals surface area contributed by atoms with Gasteiger partial charge in [0.25, 0.3) is 0 Å². The summed E-state index contributed by atoms with van der Waals surface area (Å²) in [5.41, 5.74) is 1.59. The second-order valence-electron chi connectivity index (χ2n) is 5.12. The predicted molar refractivity (Wildman–Crippen MR) is 86.8 cm³/mol. The fraction of sp³-hybridized carbons (Fsp3) is 0.357. The number of carbonyl (C=O) groups is 1. The average molecular weight is 360 g/mol. The van der Waals surface area contributed by atoms with Crippen molar-refractivity contribution in [3.63, 3.8) is 0 Å². The van der Waals surface area contributed by atoms with Crippen molar-refractivity contribution in [1.82, 2.24) is 25.4 Å². The number of rotatable bonds is 4. The highest BCUT2D eigenvalue weighted by Gasteiger charge is 2.29. The number of carbonyl (C=O) groups excluding carboxylic acids is 1. The molecule has 0 aliphatic carbocycles. The van der Waals surface area contributed by atoms with E-state index < -0.39 is 12.2 Å². The maximum Gasteiger partial charge on any atom is 0.237 e. The number of hydrogen-bond donors (Lipinski definition) is 2. The Balaban J connectivity index is 0.00000192. The second-order valence-corrected chi connectivity index (χ2v) is 5.56.